The summed E-state index contributed by atoms with van der Waals surface area (Å²) in [7, 11) is 0. The molecule has 0 amide bonds. The normalized spacial score (nSPS) is 12.6. The van der Waals surface area contributed by atoms with E-state index in [2.05, 4.69) is 70.6 Å². The molecular formula is C15H18BrNS. The van der Waals surface area contributed by atoms with E-state index in [0.717, 1.165) is 6.54 Å². The van der Waals surface area contributed by atoms with E-state index in [0.29, 0.717) is 6.04 Å². The Morgan fingerprint density at radius 1 is 1.17 bits per heavy atom. The molecule has 0 aliphatic rings. The van der Waals surface area contributed by atoms with E-state index in [1.165, 1.54) is 27.1 Å². The SMILES string of the molecule is CCCC(NCc1ccc(Br)s1)c1ccccc1. The van der Waals surface area contributed by atoms with Gasteiger partial charge in [-0.2, -0.15) is 0 Å². The van der Waals surface area contributed by atoms with Gasteiger partial charge < -0.3 is 5.32 Å². The van der Waals surface area contributed by atoms with Crippen LogP contribution in [-0.4, -0.2) is 0 Å². The van der Waals surface area contributed by atoms with Crippen molar-refractivity contribution in [2.24, 2.45) is 0 Å². The second-order valence-electron chi connectivity index (χ2n) is 4.34. The molecule has 2 rings (SSSR count). The minimum Gasteiger partial charge on any atom is -0.305 e. The van der Waals surface area contributed by atoms with Crippen LogP contribution in [0.3, 0.4) is 0 Å². The summed E-state index contributed by atoms with van der Waals surface area (Å²) in [6.45, 7) is 3.18. The lowest BCUT2D eigenvalue weighted by Crippen LogP contribution is -2.20. The quantitative estimate of drug-likeness (QED) is 0.775. The number of halogens is 1. The van der Waals surface area contributed by atoms with Crippen LogP contribution >= 0.6 is 27.3 Å². The molecule has 96 valence electrons. The van der Waals surface area contributed by atoms with Crippen molar-refractivity contribution in [1.82, 2.24) is 5.32 Å². The lowest BCUT2D eigenvalue weighted by molar-refractivity contribution is 0.496. The first kappa shape index (κ1) is 13.8. The molecule has 0 radical (unpaired) electrons. The molecule has 2 aromatic rings. The van der Waals surface area contributed by atoms with Gasteiger partial charge in [-0.3, -0.25) is 0 Å². The second kappa shape index (κ2) is 7.07. The fourth-order valence-electron chi connectivity index (χ4n) is 2.03. The van der Waals surface area contributed by atoms with Crippen molar-refractivity contribution >= 4 is 27.3 Å². The predicted octanol–water partition coefficient (Wildman–Crippen LogP) is 5.14. The molecule has 3 heteroatoms. The lowest BCUT2D eigenvalue weighted by Gasteiger charge is -2.18. The summed E-state index contributed by atoms with van der Waals surface area (Å²) in [6, 6.07) is 15.5. The average Bonchev–Trinajstić information content (AvgIpc) is 2.81. The van der Waals surface area contributed by atoms with Gasteiger partial charge in [-0.15, -0.1) is 11.3 Å². The Labute approximate surface area is 121 Å². The molecule has 1 atom stereocenters. The maximum Gasteiger partial charge on any atom is 0.0701 e. The molecule has 0 bridgehead atoms. The maximum atomic E-state index is 3.66. The van der Waals surface area contributed by atoms with E-state index in [9.17, 15) is 0 Å². The van der Waals surface area contributed by atoms with Gasteiger partial charge in [-0.1, -0.05) is 43.7 Å². The summed E-state index contributed by atoms with van der Waals surface area (Å²) in [5, 5.41) is 3.66. The fourth-order valence-corrected chi connectivity index (χ4v) is 3.47. The molecule has 1 nitrogen and oxygen atoms in total. The Morgan fingerprint density at radius 2 is 1.94 bits per heavy atom. The Hall–Kier alpha value is -0.640. The van der Waals surface area contributed by atoms with Crippen LogP contribution in [0.25, 0.3) is 0 Å². The van der Waals surface area contributed by atoms with Crippen molar-refractivity contribution in [3.8, 4) is 0 Å². The van der Waals surface area contributed by atoms with E-state index >= 15 is 0 Å². The molecule has 0 spiro atoms. The Balaban J connectivity index is 1.98. The molecule has 1 heterocycles. The number of benzene rings is 1. The molecule has 0 saturated carbocycles. The van der Waals surface area contributed by atoms with Crippen molar-refractivity contribution in [2.45, 2.75) is 32.4 Å². The monoisotopic (exact) mass is 323 g/mol. The zero-order chi connectivity index (χ0) is 12.8. The highest BCUT2D eigenvalue weighted by molar-refractivity contribution is 9.11. The second-order valence-corrected chi connectivity index (χ2v) is 6.89. The van der Waals surface area contributed by atoms with Gasteiger partial charge in [0.25, 0.3) is 0 Å². The van der Waals surface area contributed by atoms with Gasteiger partial charge in [-0.05, 0) is 40.0 Å². The number of hydrogen-bond acceptors (Lipinski definition) is 2. The van der Waals surface area contributed by atoms with Gasteiger partial charge in [0.1, 0.15) is 0 Å². The van der Waals surface area contributed by atoms with Crippen LogP contribution in [0, 0.1) is 0 Å². The fraction of sp³-hybridized carbons (Fsp3) is 0.333. The zero-order valence-electron chi connectivity index (χ0n) is 10.5. The zero-order valence-corrected chi connectivity index (χ0v) is 12.9. The van der Waals surface area contributed by atoms with Crippen LogP contribution in [0.1, 0.15) is 36.2 Å². The molecular weight excluding hydrogens is 306 g/mol. The third-order valence-corrected chi connectivity index (χ3v) is 4.55. The summed E-state index contributed by atoms with van der Waals surface area (Å²) >= 11 is 5.30. The first-order valence-electron chi connectivity index (χ1n) is 6.32. The van der Waals surface area contributed by atoms with Crippen molar-refractivity contribution in [1.29, 1.82) is 0 Å². The molecule has 0 aliphatic carbocycles. The van der Waals surface area contributed by atoms with Crippen LogP contribution in [-0.2, 0) is 6.54 Å². The van der Waals surface area contributed by atoms with Gasteiger partial charge in [0.05, 0.1) is 3.79 Å². The number of nitrogens with one attached hydrogen (secondary N) is 1. The maximum absolute atomic E-state index is 3.66. The molecule has 1 N–H and O–H groups in total. The molecule has 18 heavy (non-hydrogen) atoms. The predicted molar refractivity (Wildman–Crippen MR) is 82.9 cm³/mol. The highest BCUT2D eigenvalue weighted by atomic mass is 79.9. The van der Waals surface area contributed by atoms with Crippen LogP contribution in [0.2, 0.25) is 0 Å². The highest BCUT2D eigenvalue weighted by Gasteiger charge is 2.09. The van der Waals surface area contributed by atoms with Crippen molar-refractivity contribution in [2.75, 3.05) is 0 Å². The van der Waals surface area contributed by atoms with Gasteiger partial charge >= 0.3 is 0 Å². The van der Waals surface area contributed by atoms with Crippen LogP contribution in [0.15, 0.2) is 46.3 Å². The molecule has 0 aliphatic heterocycles. The van der Waals surface area contributed by atoms with Gasteiger partial charge in [0.15, 0.2) is 0 Å². The average molecular weight is 324 g/mol. The molecule has 0 fully saturated rings. The topological polar surface area (TPSA) is 12.0 Å². The Morgan fingerprint density at radius 3 is 2.56 bits per heavy atom. The Kier molecular flexibility index (Phi) is 5.42. The van der Waals surface area contributed by atoms with E-state index in [1.54, 1.807) is 11.3 Å². The summed E-state index contributed by atoms with van der Waals surface area (Å²) in [6.07, 6.45) is 2.37. The standard InChI is InChI=1S/C15H18BrNS/c1-2-6-14(12-7-4-3-5-8-12)17-11-13-9-10-15(16)18-13/h3-5,7-10,14,17H,2,6,11H2,1H3. The molecule has 0 saturated heterocycles. The first-order valence-corrected chi connectivity index (χ1v) is 7.93. The summed E-state index contributed by atoms with van der Waals surface area (Å²) in [5.74, 6) is 0. The number of hydrogen-bond donors (Lipinski definition) is 1. The lowest BCUT2D eigenvalue weighted by atomic mass is 10.0. The van der Waals surface area contributed by atoms with Crippen molar-refractivity contribution in [3.05, 3.63) is 56.7 Å². The largest absolute Gasteiger partial charge is 0.305 e. The van der Waals surface area contributed by atoms with E-state index in [-0.39, 0.29) is 0 Å². The van der Waals surface area contributed by atoms with Gasteiger partial charge in [0, 0.05) is 17.5 Å². The highest BCUT2D eigenvalue weighted by Crippen LogP contribution is 2.24. The van der Waals surface area contributed by atoms with Crippen molar-refractivity contribution in [3.63, 3.8) is 0 Å². The van der Waals surface area contributed by atoms with Crippen molar-refractivity contribution < 1.29 is 0 Å². The summed E-state index contributed by atoms with van der Waals surface area (Å²) in [5.41, 5.74) is 1.38. The number of rotatable bonds is 6. The first-order chi connectivity index (χ1) is 8.79. The third kappa shape index (κ3) is 3.94. The molecule has 1 aromatic carbocycles. The minimum absolute atomic E-state index is 0.456. The van der Waals surface area contributed by atoms with Gasteiger partial charge in [-0.25, -0.2) is 0 Å². The summed E-state index contributed by atoms with van der Waals surface area (Å²) in [4.78, 5) is 1.37. The molecule has 1 aromatic heterocycles. The van der Waals surface area contributed by atoms with E-state index < -0.39 is 0 Å². The Bertz CT molecular complexity index is 466. The number of thiophene rings is 1. The van der Waals surface area contributed by atoms with Gasteiger partial charge in [0.2, 0.25) is 0 Å². The molecule has 1 unspecified atom stereocenters. The third-order valence-electron chi connectivity index (χ3n) is 2.93. The van der Waals surface area contributed by atoms with E-state index in [4.69, 9.17) is 0 Å². The van der Waals surface area contributed by atoms with E-state index in [1.807, 2.05) is 0 Å². The summed E-state index contributed by atoms with van der Waals surface area (Å²) < 4.78 is 1.20. The van der Waals surface area contributed by atoms with Crippen LogP contribution in [0.5, 0.6) is 0 Å². The minimum atomic E-state index is 0.456. The van der Waals surface area contributed by atoms with Crippen LogP contribution < -0.4 is 5.32 Å². The smallest absolute Gasteiger partial charge is 0.0701 e. The van der Waals surface area contributed by atoms with Crippen LogP contribution in [0.4, 0.5) is 0 Å².